The molecule has 0 spiro atoms. The Hall–Kier alpha value is -2.16. The third-order valence-electron chi connectivity index (χ3n) is 2.54. The van der Waals surface area contributed by atoms with Crippen molar-refractivity contribution in [1.82, 2.24) is 0 Å². The molecule has 0 radical (unpaired) electrons. The van der Waals surface area contributed by atoms with Gasteiger partial charge in [-0.1, -0.05) is 0 Å². The maximum atomic E-state index is 5.75. The molecular formula is C14H15NO2. The third kappa shape index (κ3) is 2.69. The van der Waals surface area contributed by atoms with E-state index in [-0.39, 0.29) is 0 Å². The van der Waals surface area contributed by atoms with E-state index in [1.165, 1.54) is 0 Å². The number of hydrogen-bond acceptors (Lipinski definition) is 3. The van der Waals surface area contributed by atoms with Crippen LogP contribution >= 0.6 is 0 Å². The molecule has 17 heavy (non-hydrogen) atoms. The van der Waals surface area contributed by atoms with Crippen molar-refractivity contribution in [3.8, 4) is 17.2 Å². The van der Waals surface area contributed by atoms with Crippen LogP contribution in [-0.2, 0) is 0 Å². The van der Waals surface area contributed by atoms with Crippen molar-refractivity contribution in [3.63, 3.8) is 0 Å². The Balaban J connectivity index is 2.16. The summed E-state index contributed by atoms with van der Waals surface area (Å²) in [5, 5.41) is 0. The summed E-state index contributed by atoms with van der Waals surface area (Å²) in [7, 11) is 1.64. The van der Waals surface area contributed by atoms with Crippen molar-refractivity contribution >= 4 is 5.69 Å². The van der Waals surface area contributed by atoms with Crippen LogP contribution in [0.1, 0.15) is 5.56 Å². The van der Waals surface area contributed by atoms with Crippen molar-refractivity contribution in [2.75, 3.05) is 12.8 Å². The van der Waals surface area contributed by atoms with E-state index in [0.29, 0.717) is 0 Å². The molecule has 0 aliphatic heterocycles. The quantitative estimate of drug-likeness (QED) is 0.820. The monoisotopic (exact) mass is 229 g/mol. The van der Waals surface area contributed by atoms with Gasteiger partial charge in [-0.15, -0.1) is 0 Å². The van der Waals surface area contributed by atoms with Gasteiger partial charge < -0.3 is 15.2 Å². The second kappa shape index (κ2) is 4.78. The zero-order chi connectivity index (χ0) is 12.3. The molecule has 2 rings (SSSR count). The van der Waals surface area contributed by atoms with E-state index < -0.39 is 0 Å². The van der Waals surface area contributed by atoms with Crippen LogP contribution in [0.4, 0.5) is 5.69 Å². The summed E-state index contributed by atoms with van der Waals surface area (Å²) in [6, 6.07) is 13.1. The van der Waals surface area contributed by atoms with E-state index in [2.05, 4.69) is 0 Å². The molecule has 0 atom stereocenters. The van der Waals surface area contributed by atoms with E-state index in [0.717, 1.165) is 28.5 Å². The molecule has 3 nitrogen and oxygen atoms in total. The Kier molecular flexibility index (Phi) is 3.19. The van der Waals surface area contributed by atoms with Crippen molar-refractivity contribution in [1.29, 1.82) is 0 Å². The summed E-state index contributed by atoms with van der Waals surface area (Å²) >= 11 is 0. The first-order valence-corrected chi connectivity index (χ1v) is 5.37. The fraction of sp³-hybridized carbons (Fsp3) is 0.143. The fourth-order valence-corrected chi connectivity index (χ4v) is 1.49. The van der Waals surface area contributed by atoms with Gasteiger partial charge in [-0.25, -0.2) is 0 Å². The summed E-state index contributed by atoms with van der Waals surface area (Å²) < 4.78 is 10.8. The molecule has 0 amide bonds. The van der Waals surface area contributed by atoms with Gasteiger partial charge in [-0.2, -0.15) is 0 Å². The van der Waals surface area contributed by atoms with Gasteiger partial charge in [0.15, 0.2) is 0 Å². The lowest BCUT2D eigenvalue weighted by Gasteiger charge is -2.08. The molecule has 0 aliphatic rings. The summed E-state index contributed by atoms with van der Waals surface area (Å²) in [6.07, 6.45) is 0. The normalized spacial score (nSPS) is 10.0. The second-order valence-electron chi connectivity index (χ2n) is 3.80. The first-order chi connectivity index (χ1) is 8.19. The van der Waals surface area contributed by atoms with Crippen molar-refractivity contribution in [2.24, 2.45) is 0 Å². The highest BCUT2D eigenvalue weighted by molar-refractivity contribution is 5.50. The van der Waals surface area contributed by atoms with Crippen LogP contribution in [0.3, 0.4) is 0 Å². The predicted octanol–water partition coefficient (Wildman–Crippen LogP) is 3.38. The molecule has 0 aliphatic carbocycles. The lowest BCUT2D eigenvalue weighted by molar-refractivity contribution is 0.413. The molecule has 0 unspecified atom stereocenters. The molecule has 0 saturated heterocycles. The van der Waals surface area contributed by atoms with E-state index in [4.69, 9.17) is 15.2 Å². The number of nitrogens with two attached hydrogens (primary N) is 1. The number of aryl methyl sites for hydroxylation is 1. The van der Waals surface area contributed by atoms with Crippen LogP contribution < -0.4 is 15.2 Å². The van der Waals surface area contributed by atoms with Crippen LogP contribution in [0.2, 0.25) is 0 Å². The predicted molar refractivity (Wildman–Crippen MR) is 68.7 cm³/mol. The van der Waals surface area contributed by atoms with Crippen LogP contribution in [0.5, 0.6) is 17.2 Å². The number of ether oxygens (including phenoxy) is 2. The first kappa shape index (κ1) is 11.3. The summed E-state index contributed by atoms with van der Waals surface area (Å²) in [6.45, 7) is 1.95. The molecule has 88 valence electrons. The number of nitrogen functional groups attached to an aromatic ring is 1. The lowest BCUT2D eigenvalue weighted by atomic mass is 10.2. The SMILES string of the molecule is COc1ccc(Oc2ccc(N)c(C)c2)cc1. The zero-order valence-corrected chi connectivity index (χ0v) is 9.94. The second-order valence-corrected chi connectivity index (χ2v) is 3.80. The minimum absolute atomic E-state index is 0.770. The number of anilines is 1. The maximum Gasteiger partial charge on any atom is 0.127 e. The topological polar surface area (TPSA) is 44.5 Å². The van der Waals surface area contributed by atoms with Gasteiger partial charge in [-0.05, 0) is 55.0 Å². The minimum atomic E-state index is 0.770. The molecule has 0 aromatic heterocycles. The number of methoxy groups -OCH3 is 1. The van der Waals surface area contributed by atoms with Crippen molar-refractivity contribution in [2.45, 2.75) is 6.92 Å². The Morgan fingerprint density at radius 1 is 0.882 bits per heavy atom. The zero-order valence-electron chi connectivity index (χ0n) is 9.94. The van der Waals surface area contributed by atoms with Gasteiger partial charge in [0.2, 0.25) is 0 Å². The van der Waals surface area contributed by atoms with E-state index in [9.17, 15) is 0 Å². The van der Waals surface area contributed by atoms with Gasteiger partial charge in [0.05, 0.1) is 7.11 Å². The van der Waals surface area contributed by atoms with Crippen LogP contribution in [-0.4, -0.2) is 7.11 Å². The molecule has 0 heterocycles. The van der Waals surface area contributed by atoms with Gasteiger partial charge in [-0.3, -0.25) is 0 Å². The molecule has 3 heteroatoms. The Morgan fingerprint density at radius 2 is 1.47 bits per heavy atom. The number of rotatable bonds is 3. The van der Waals surface area contributed by atoms with Gasteiger partial charge >= 0.3 is 0 Å². The standard InChI is InChI=1S/C14H15NO2/c1-10-9-13(7-8-14(10)15)17-12-5-3-11(16-2)4-6-12/h3-9H,15H2,1-2H3. The Bertz CT molecular complexity index is 506. The molecule has 2 aromatic carbocycles. The Labute approximate surface area is 101 Å². The average molecular weight is 229 g/mol. The largest absolute Gasteiger partial charge is 0.497 e. The highest BCUT2D eigenvalue weighted by atomic mass is 16.5. The van der Waals surface area contributed by atoms with Gasteiger partial charge in [0.25, 0.3) is 0 Å². The lowest BCUT2D eigenvalue weighted by Crippen LogP contribution is -1.90. The molecule has 0 bridgehead atoms. The molecule has 2 N–H and O–H groups in total. The van der Waals surface area contributed by atoms with E-state index in [1.54, 1.807) is 7.11 Å². The summed E-state index contributed by atoms with van der Waals surface area (Å²) in [4.78, 5) is 0. The summed E-state index contributed by atoms with van der Waals surface area (Å²) in [5.74, 6) is 2.36. The van der Waals surface area contributed by atoms with Crippen molar-refractivity contribution in [3.05, 3.63) is 48.0 Å². The van der Waals surface area contributed by atoms with Gasteiger partial charge in [0.1, 0.15) is 17.2 Å². The molecular weight excluding hydrogens is 214 g/mol. The van der Waals surface area contributed by atoms with Crippen LogP contribution in [0.25, 0.3) is 0 Å². The smallest absolute Gasteiger partial charge is 0.127 e. The van der Waals surface area contributed by atoms with E-state index >= 15 is 0 Å². The van der Waals surface area contributed by atoms with Crippen LogP contribution in [0, 0.1) is 6.92 Å². The third-order valence-corrected chi connectivity index (χ3v) is 2.54. The first-order valence-electron chi connectivity index (χ1n) is 5.37. The van der Waals surface area contributed by atoms with Crippen LogP contribution in [0.15, 0.2) is 42.5 Å². The Morgan fingerprint density at radius 3 is 2.06 bits per heavy atom. The molecule has 0 saturated carbocycles. The highest BCUT2D eigenvalue weighted by Gasteiger charge is 2.00. The maximum absolute atomic E-state index is 5.75. The number of hydrogen-bond donors (Lipinski definition) is 1. The molecule has 2 aromatic rings. The van der Waals surface area contributed by atoms with E-state index in [1.807, 2.05) is 49.4 Å². The van der Waals surface area contributed by atoms with Crippen molar-refractivity contribution < 1.29 is 9.47 Å². The minimum Gasteiger partial charge on any atom is -0.497 e. The average Bonchev–Trinajstić information content (AvgIpc) is 2.35. The fourth-order valence-electron chi connectivity index (χ4n) is 1.49. The number of benzene rings is 2. The molecule has 0 fully saturated rings. The van der Waals surface area contributed by atoms with Gasteiger partial charge in [0, 0.05) is 5.69 Å². The summed E-state index contributed by atoms with van der Waals surface area (Å²) in [5.41, 5.74) is 7.53. The highest BCUT2D eigenvalue weighted by Crippen LogP contribution is 2.26.